The van der Waals surface area contributed by atoms with Gasteiger partial charge in [0.05, 0.1) is 17.1 Å². The van der Waals surface area contributed by atoms with E-state index >= 15 is 0 Å². The lowest BCUT2D eigenvalue weighted by Crippen LogP contribution is -2.13. The predicted molar refractivity (Wildman–Crippen MR) is 134 cm³/mol. The highest BCUT2D eigenvalue weighted by atomic mass is 79.9. The molecule has 32 heavy (non-hydrogen) atoms. The third-order valence-corrected chi connectivity index (χ3v) is 6.46. The van der Waals surface area contributed by atoms with Crippen LogP contribution in [0.5, 0.6) is 5.75 Å². The molecule has 1 atom stereocenters. The Balaban J connectivity index is 1.63. The van der Waals surface area contributed by atoms with E-state index in [1.165, 1.54) is 12.7 Å². The van der Waals surface area contributed by atoms with Gasteiger partial charge in [0, 0.05) is 15.7 Å². The minimum atomic E-state index is -0.281. The van der Waals surface area contributed by atoms with Gasteiger partial charge in [-0.2, -0.15) is 0 Å². The van der Waals surface area contributed by atoms with Gasteiger partial charge >= 0.3 is 0 Å². The predicted octanol–water partition coefficient (Wildman–Crippen LogP) is 7.79. The fourth-order valence-corrected chi connectivity index (χ4v) is 4.86. The number of ether oxygens (including phenoxy) is 1. The first kappa shape index (κ1) is 22.6. The maximum Gasteiger partial charge on any atom is 0.259 e. The number of aromatic nitrogens is 1. The number of oxazole rings is 1. The van der Waals surface area contributed by atoms with Crippen molar-refractivity contribution >= 4 is 54.6 Å². The summed E-state index contributed by atoms with van der Waals surface area (Å²) in [6.45, 7) is 4.37. The smallest absolute Gasteiger partial charge is 0.259 e. The molecule has 3 aromatic carbocycles. The molecule has 0 saturated heterocycles. The number of carbonyl (C=O) groups is 1. The number of benzene rings is 3. The summed E-state index contributed by atoms with van der Waals surface area (Å²) in [5, 5.41) is 2.93. The lowest BCUT2D eigenvalue weighted by molar-refractivity contribution is 0.102. The minimum absolute atomic E-state index is 0.281. The second-order valence-electron chi connectivity index (χ2n) is 7.56. The number of amides is 1. The third kappa shape index (κ3) is 4.59. The van der Waals surface area contributed by atoms with Crippen LogP contribution in [-0.4, -0.2) is 18.0 Å². The van der Waals surface area contributed by atoms with Crippen molar-refractivity contribution in [2.45, 2.75) is 26.2 Å². The van der Waals surface area contributed by atoms with Gasteiger partial charge in [-0.15, -0.1) is 0 Å². The van der Waals surface area contributed by atoms with E-state index in [9.17, 15) is 4.79 Å². The number of rotatable bonds is 6. The first-order valence-electron chi connectivity index (χ1n) is 10.2. The zero-order chi connectivity index (χ0) is 22.8. The van der Waals surface area contributed by atoms with Crippen molar-refractivity contribution in [1.82, 2.24) is 4.98 Å². The molecule has 5 nitrogen and oxygen atoms in total. The second kappa shape index (κ2) is 9.46. The molecule has 7 heteroatoms. The Morgan fingerprint density at radius 1 is 1.16 bits per heavy atom. The second-order valence-corrected chi connectivity index (χ2v) is 9.33. The Bertz CT molecular complexity index is 1300. The highest BCUT2D eigenvalue weighted by molar-refractivity contribution is 9.11. The number of fused-ring (bicyclic) bond motifs is 1. The van der Waals surface area contributed by atoms with Crippen molar-refractivity contribution in [2.75, 3.05) is 12.4 Å². The average molecular weight is 558 g/mol. The number of halogens is 2. The van der Waals surface area contributed by atoms with Gasteiger partial charge in [0.2, 0.25) is 5.89 Å². The molecule has 0 aliphatic rings. The van der Waals surface area contributed by atoms with Gasteiger partial charge in [-0.25, -0.2) is 4.98 Å². The molecule has 0 radical (unpaired) electrons. The zero-order valence-corrected chi connectivity index (χ0v) is 21.1. The van der Waals surface area contributed by atoms with Gasteiger partial charge in [-0.3, -0.25) is 4.79 Å². The van der Waals surface area contributed by atoms with Crippen molar-refractivity contribution in [3.05, 3.63) is 74.7 Å². The average Bonchev–Trinajstić information content (AvgIpc) is 3.21. The summed E-state index contributed by atoms with van der Waals surface area (Å²) in [7, 11) is 1.53. The summed E-state index contributed by atoms with van der Waals surface area (Å²) in [6.07, 6.45) is 1.07. The number of nitrogens with zero attached hydrogens (tertiary/aromatic N) is 1. The van der Waals surface area contributed by atoms with Crippen molar-refractivity contribution in [2.24, 2.45) is 0 Å². The van der Waals surface area contributed by atoms with Crippen LogP contribution in [0.15, 0.2) is 68.0 Å². The van der Waals surface area contributed by atoms with E-state index in [0.717, 1.165) is 27.6 Å². The number of anilines is 1. The quantitative estimate of drug-likeness (QED) is 0.263. The minimum Gasteiger partial charge on any atom is -0.495 e. The summed E-state index contributed by atoms with van der Waals surface area (Å²) < 4.78 is 12.8. The van der Waals surface area contributed by atoms with Crippen LogP contribution >= 0.6 is 31.9 Å². The third-order valence-electron chi connectivity index (χ3n) is 5.42. The number of hydrogen-bond acceptors (Lipinski definition) is 4. The summed E-state index contributed by atoms with van der Waals surface area (Å²) in [4.78, 5) is 17.6. The molecular formula is C25H22Br2N2O3. The van der Waals surface area contributed by atoms with Gasteiger partial charge in [-0.1, -0.05) is 41.9 Å². The van der Waals surface area contributed by atoms with Crippen molar-refractivity contribution in [3.8, 4) is 17.2 Å². The maximum absolute atomic E-state index is 12.9. The molecular weight excluding hydrogens is 536 g/mol. The Kier molecular flexibility index (Phi) is 6.67. The molecule has 0 aliphatic carbocycles. The van der Waals surface area contributed by atoms with E-state index in [1.54, 1.807) is 6.07 Å². The highest BCUT2D eigenvalue weighted by Crippen LogP contribution is 2.34. The molecule has 1 amide bonds. The molecule has 0 aliphatic heterocycles. The van der Waals surface area contributed by atoms with Crippen LogP contribution in [0.2, 0.25) is 0 Å². The fraction of sp³-hybridized carbons (Fsp3) is 0.200. The van der Waals surface area contributed by atoms with Gasteiger partial charge in [0.15, 0.2) is 5.58 Å². The Morgan fingerprint density at radius 3 is 2.72 bits per heavy atom. The van der Waals surface area contributed by atoms with Gasteiger partial charge < -0.3 is 14.5 Å². The lowest BCUT2D eigenvalue weighted by Gasteiger charge is -2.12. The number of hydrogen-bond donors (Lipinski definition) is 1. The number of methoxy groups -OCH3 is 1. The summed E-state index contributed by atoms with van der Waals surface area (Å²) in [5.74, 6) is 1.17. The fourth-order valence-electron chi connectivity index (χ4n) is 3.48. The van der Waals surface area contributed by atoms with Crippen molar-refractivity contribution < 1.29 is 13.9 Å². The van der Waals surface area contributed by atoms with E-state index in [-0.39, 0.29) is 5.91 Å². The summed E-state index contributed by atoms with van der Waals surface area (Å²) in [5.41, 5.74) is 4.65. The molecule has 1 unspecified atom stereocenters. The van der Waals surface area contributed by atoms with E-state index in [0.29, 0.717) is 33.3 Å². The number of nitrogens with one attached hydrogen (secondary N) is 1. The molecule has 4 rings (SSSR count). The van der Waals surface area contributed by atoms with E-state index in [2.05, 4.69) is 68.1 Å². The van der Waals surface area contributed by atoms with Crippen LogP contribution < -0.4 is 10.1 Å². The monoisotopic (exact) mass is 556 g/mol. The molecule has 0 spiro atoms. The number of carbonyl (C=O) groups excluding carboxylic acids is 1. The largest absolute Gasteiger partial charge is 0.495 e. The molecule has 0 fully saturated rings. The summed E-state index contributed by atoms with van der Waals surface area (Å²) in [6, 6.07) is 17.1. The van der Waals surface area contributed by atoms with Gasteiger partial charge in [-0.05, 0) is 76.3 Å². The van der Waals surface area contributed by atoms with Gasteiger partial charge in [0.1, 0.15) is 11.3 Å². The molecule has 164 valence electrons. The van der Waals surface area contributed by atoms with Crippen LogP contribution in [0.3, 0.4) is 0 Å². The van der Waals surface area contributed by atoms with Gasteiger partial charge in [0.25, 0.3) is 5.91 Å². The molecule has 1 heterocycles. The summed E-state index contributed by atoms with van der Waals surface area (Å²) >= 11 is 6.85. The Labute approximate surface area is 203 Å². The molecule has 1 N–H and O–H groups in total. The lowest BCUT2D eigenvalue weighted by atomic mass is 9.98. The Morgan fingerprint density at radius 2 is 1.97 bits per heavy atom. The van der Waals surface area contributed by atoms with E-state index in [1.807, 2.05) is 36.4 Å². The van der Waals surface area contributed by atoms with Crippen molar-refractivity contribution in [1.29, 1.82) is 0 Å². The van der Waals surface area contributed by atoms with Crippen LogP contribution in [-0.2, 0) is 0 Å². The maximum atomic E-state index is 12.9. The molecule has 4 aromatic rings. The van der Waals surface area contributed by atoms with Crippen LogP contribution in [0.25, 0.3) is 22.6 Å². The molecule has 0 bridgehead atoms. The standard InChI is InChI=1S/C25H22Br2N2O3/c1-4-14(2)15-8-9-22-21(11-15)29-25(32-22)16-6-5-7-18(10-16)28-24(30)19-12-17(26)13-20(27)23(19)31-3/h5-14H,4H2,1-3H3,(H,28,30). The van der Waals surface area contributed by atoms with Crippen LogP contribution in [0.4, 0.5) is 5.69 Å². The topological polar surface area (TPSA) is 64.4 Å². The SMILES string of the molecule is CCC(C)c1ccc2oc(-c3cccc(NC(=O)c4cc(Br)cc(Br)c4OC)c3)nc2c1. The van der Waals surface area contributed by atoms with Crippen LogP contribution in [0.1, 0.15) is 42.1 Å². The van der Waals surface area contributed by atoms with Crippen LogP contribution in [0, 0.1) is 0 Å². The normalized spacial score (nSPS) is 12.0. The van der Waals surface area contributed by atoms with E-state index < -0.39 is 0 Å². The Hall–Kier alpha value is -2.64. The molecule has 0 saturated carbocycles. The molecule has 1 aromatic heterocycles. The highest BCUT2D eigenvalue weighted by Gasteiger charge is 2.17. The first-order chi connectivity index (χ1) is 15.4. The zero-order valence-electron chi connectivity index (χ0n) is 17.9. The van der Waals surface area contributed by atoms with Crippen molar-refractivity contribution in [3.63, 3.8) is 0 Å². The van der Waals surface area contributed by atoms with E-state index in [4.69, 9.17) is 9.15 Å². The first-order valence-corrected chi connectivity index (χ1v) is 11.8.